The Hall–Kier alpha value is -2.26. The molecule has 1 aromatic carbocycles. The quantitative estimate of drug-likeness (QED) is 0.770. The number of carbonyl (C=O) groups excluding carboxylic acids is 2. The molecule has 1 aliphatic rings. The average molecular weight is 343 g/mol. The first-order valence-corrected chi connectivity index (χ1v) is 9.12. The minimum absolute atomic E-state index is 0.00387. The van der Waals surface area contributed by atoms with Gasteiger partial charge in [0.25, 0.3) is 0 Å². The monoisotopic (exact) mass is 343 g/mol. The number of amides is 2. The lowest BCUT2D eigenvalue weighted by Gasteiger charge is -2.27. The Kier molecular flexibility index (Phi) is 6.44. The molecule has 126 valence electrons. The van der Waals surface area contributed by atoms with Crippen LogP contribution in [0.15, 0.2) is 30.3 Å². The molecule has 2 rings (SSSR count). The summed E-state index contributed by atoms with van der Waals surface area (Å²) in [6.07, 6.45) is 3.09. The third-order valence-electron chi connectivity index (χ3n) is 4.01. The molecule has 0 unspecified atom stereocenters. The van der Waals surface area contributed by atoms with Gasteiger partial charge in [0.2, 0.25) is 11.8 Å². The van der Waals surface area contributed by atoms with Crippen LogP contribution in [0.25, 0.3) is 6.08 Å². The number of thioether (sulfide) groups is 1. The van der Waals surface area contributed by atoms with E-state index in [9.17, 15) is 9.59 Å². The van der Waals surface area contributed by atoms with Crippen molar-refractivity contribution in [3.8, 4) is 6.07 Å². The summed E-state index contributed by atoms with van der Waals surface area (Å²) in [6, 6.07) is 8.81. The number of rotatable bonds is 5. The van der Waals surface area contributed by atoms with E-state index in [2.05, 4.69) is 6.07 Å². The van der Waals surface area contributed by atoms with Crippen LogP contribution in [-0.4, -0.2) is 52.4 Å². The van der Waals surface area contributed by atoms with E-state index in [1.54, 1.807) is 45.8 Å². The van der Waals surface area contributed by atoms with E-state index >= 15 is 0 Å². The van der Waals surface area contributed by atoms with Gasteiger partial charge in [0.05, 0.1) is 17.5 Å². The summed E-state index contributed by atoms with van der Waals surface area (Å²) >= 11 is 1.59. The molecular weight excluding hydrogens is 322 g/mol. The molecule has 24 heavy (non-hydrogen) atoms. The zero-order valence-corrected chi connectivity index (χ0v) is 14.8. The number of nitriles is 1. The van der Waals surface area contributed by atoms with E-state index in [0.29, 0.717) is 35.8 Å². The topological polar surface area (TPSA) is 64.4 Å². The Balaban J connectivity index is 2.12. The zero-order valence-electron chi connectivity index (χ0n) is 13.9. The average Bonchev–Trinajstić information content (AvgIpc) is 3.10. The van der Waals surface area contributed by atoms with Crippen molar-refractivity contribution in [2.24, 2.45) is 0 Å². The lowest BCUT2D eigenvalue weighted by Crippen LogP contribution is -2.48. The Labute approximate surface area is 146 Å². The van der Waals surface area contributed by atoms with Crippen molar-refractivity contribution in [3.63, 3.8) is 0 Å². The lowest BCUT2D eigenvalue weighted by molar-refractivity contribution is -0.140. The van der Waals surface area contributed by atoms with E-state index in [1.165, 1.54) is 6.08 Å². The van der Waals surface area contributed by atoms with Crippen LogP contribution < -0.4 is 0 Å². The summed E-state index contributed by atoms with van der Waals surface area (Å²) in [5, 5.41) is 9.09. The third kappa shape index (κ3) is 3.98. The van der Waals surface area contributed by atoms with Crippen LogP contribution in [0.4, 0.5) is 0 Å². The SMILES string of the molecule is CCN(CC)C(=O)[C@@H]1CSCN1C(=O)/C=C\c1ccccc1C#N. The van der Waals surface area contributed by atoms with Gasteiger partial charge in [-0.3, -0.25) is 9.59 Å². The molecule has 0 bridgehead atoms. The fourth-order valence-electron chi connectivity index (χ4n) is 2.61. The number of hydrogen-bond donors (Lipinski definition) is 0. The molecule has 1 aromatic rings. The molecule has 0 N–H and O–H groups in total. The smallest absolute Gasteiger partial charge is 0.247 e. The zero-order chi connectivity index (χ0) is 17.5. The summed E-state index contributed by atoms with van der Waals surface area (Å²) in [5.41, 5.74) is 1.22. The molecule has 0 radical (unpaired) electrons. The van der Waals surface area contributed by atoms with E-state index in [4.69, 9.17) is 5.26 Å². The van der Waals surface area contributed by atoms with Crippen molar-refractivity contribution < 1.29 is 9.59 Å². The second-order valence-electron chi connectivity index (χ2n) is 5.37. The summed E-state index contributed by atoms with van der Waals surface area (Å²) in [6.45, 7) is 5.16. The van der Waals surface area contributed by atoms with Crippen molar-refractivity contribution in [2.45, 2.75) is 19.9 Å². The van der Waals surface area contributed by atoms with Gasteiger partial charge in [-0.25, -0.2) is 0 Å². The maximum atomic E-state index is 12.5. The van der Waals surface area contributed by atoms with Gasteiger partial charge < -0.3 is 9.80 Å². The predicted molar refractivity (Wildman–Crippen MR) is 96.1 cm³/mol. The second kappa shape index (κ2) is 8.55. The highest BCUT2D eigenvalue weighted by atomic mass is 32.2. The third-order valence-corrected chi connectivity index (χ3v) is 5.02. The Morgan fingerprint density at radius 2 is 2.08 bits per heavy atom. The first-order chi connectivity index (χ1) is 11.6. The van der Waals surface area contributed by atoms with E-state index < -0.39 is 6.04 Å². The Morgan fingerprint density at radius 3 is 2.75 bits per heavy atom. The second-order valence-corrected chi connectivity index (χ2v) is 6.37. The first-order valence-electron chi connectivity index (χ1n) is 7.96. The van der Waals surface area contributed by atoms with Gasteiger partial charge in [0.1, 0.15) is 6.04 Å². The molecule has 0 aliphatic carbocycles. The van der Waals surface area contributed by atoms with Crippen LogP contribution in [0.1, 0.15) is 25.0 Å². The highest BCUT2D eigenvalue weighted by molar-refractivity contribution is 7.99. The molecule has 2 amide bonds. The largest absolute Gasteiger partial charge is 0.341 e. The standard InChI is InChI=1S/C18H21N3O2S/c1-3-20(4-2)18(23)16-12-24-13-21(16)17(22)10-9-14-7-5-6-8-15(14)11-19/h5-10,16H,3-4,12-13H2,1-2H3/b10-9-/t16-/m0/s1. The summed E-state index contributed by atoms with van der Waals surface area (Å²) in [5.74, 6) is 0.951. The fourth-order valence-corrected chi connectivity index (χ4v) is 3.77. The fraction of sp³-hybridized carbons (Fsp3) is 0.389. The molecule has 1 aliphatic heterocycles. The first kappa shape index (κ1) is 18.1. The van der Waals surface area contributed by atoms with Gasteiger partial charge in [-0.1, -0.05) is 18.2 Å². The number of hydrogen-bond acceptors (Lipinski definition) is 4. The van der Waals surface area contributed by atoms with Crippen LogP contribution in [-0.2, 0) is 9.59 Å². The molecule has 0 saturated carbocycles. The van der Waals surface area contributed by atoms with Gasteiger partial charge >= 0.3 is 0 Å². The highest BCUT2D eigenvalue weighted by Gasteiger charge is 2.35. The van der Waals surface area contributed by atoms with E-state index in [-0.39, 0.29) is 11.8 Å². The minimum atomic E-state index is -0.404. The van der Waals surface area contributed by atoms with Crippen LogP contribution in [0.5, 0.6) is 0 Å². The predicted octanol–water partition coefficient (Wildman–Crippen LogP) is 2.34. The highest BCUT2D eigenvalue weighted by Crippen LogP contribution is 2.23. The van der Waals surface area contributed by atoms with Crippen molar-refractivity contribution in [2.75, 3.05) is 24.7 Å². The molecule has 1 fully saturated rings. The van der Waals surface area contributed by atoms with Crippen LogP contribution in [0.2, 0.25) is 0 Å². The Morgan fingerprint density at radius 1 is 1.38 bits per heavy atom. The van der Waals surface area contributed by atoms with Crippen LogP contribution in [0, 0.1) is 11.3 Å². The van der Waals surface area contributed by atoms with Crippen molar-refractivity contribution >= 4 is 29.7 Å². The minimum Gasteiger partial charge on any atom is -0.341 e. The van der Waals surface area contributed by atoms with Gasteiger partial charge in [-0.05, 0) is 31.6 Å². The van der Waals surface area contributed by atoms with Crippen molar-refractivity contribution in [1.82, 2.24) is 9.80 Å². The molecule has 0 spiro atoms. The summed E-state index contributed by atoms with van der Waals surface area (Å²) in [4.78, 5) is 28.4. The number of likely N-dealkylation sites (N-methyl/N-ethyl adjacent to an activating group) is 1. The molecule has 6 heteroatoms. The number of carbonyl (C=O) groups is 2. The van der Waals surface area contributed by atoms with Gasteiger partial charge in [-0.2, -0.15) is 5.26 Å². The molecule has 1 heterocycles. The Bertz CT molecular complexity index is 677. The van der Waals surface area contributed by atoms with Crippen molar-refractivity contribution in [3.05, 3.63) is 41.5 Å². The molecule has 0 aromatic heterocycles. The maximum Gasteiger partial charge on any atom is 0.247 e. The molecule has 1 atom stereocenters. The van der Waals surface area contributed by atoms with Gasteiger partial charge in [0, 0.05) is 24.9 Å². The van der Waals surface area contributed by atoms with Crippen LogP contribution in [0.3, 0.4) is 0 Å². The maximum absolute atomic E-state index is 12.5. The van der Waals surface area contributed by atoms with E-state index in [0.717, 1.165) is 0 Å². The van der Waals surface area contributed by atoms with Crippen molar-refractivity contribution in [1.29, 1.82) is 5.26 Å². The number of nitrogens with zero attached hydrogens (tertiary/aromatic N) is 3. The molecule has 5 nitrogen and oxygen atoms in total. The molecule has 1 saturated heterocycles. The lowest BCUT2D eigenvalue weighted by atomic mass is 10.1. The van der Waals surface area contributed by atoms with E-state index in [1.807, 2.05) is 19.9 Å². The summed E-state index contributed by atoms with van der Waals surface area (Å²) < 4.78 is 0. The van der Waals surface area contributed by atoms with Gasteiger partial charge in [-0.15, -0.1) is 11.8 Å². The summed E-state index contributed by atoms with van der Waals surface area (Å²) in [7, 11) is 0. The van der Waals surface area contributed by atoms with Crippen LogP contribution >= 0.6 is 11.8 Å². The molecular formula is C18H21N3O2S. The van der Waals surface area contributed by atoms with Gasteiger partial charge in [0.15, 0.2) is 0 Å². The number of benzene rings is 1. The normalized spacial score (nSPS) is 17.0.